The normalized spacial score (nSPS) is 20.9. The lowest BCUT2D eigenvalue weighted by molar-refractivity contribution is 0.341. The Balaban J connectivity index is 1.86. The van der Waals surface area contributed by atoms with Crippen LogP contribution < -0.4 is 0 Å². The molecule has 1 nitrogen and oxygen atoms in total. The van der Waals surface area contributed by atoms with Gasteiger partial charge in [-0.3, -0.25) is 0 Å². The molecule has 0 saturated carbocycles. The molecule has 0 radical (unpaired) electrons. The molecule has 82 valence electrons. The minimum Gasteiger partial charge on any atom is -0.373 e. The molecule has 0 amide bonds. The van der Waals surface area contributed by atoms with Gasteiger partial charge in [0.1, 0.15) is 0 Å². The van der Waals surface area contributed by atoms with Gasteiger partial charge in [-0.2, -0.15) is 0 Å². The average Bonchev–Trinajstić information content (AvgIpc) is 3.12. The van der Waals surface area contributed by atoms with Crippen LogP contribution in [0.3, 0.4) is 0 Å². The summed E-state index contributed by atoms with van der Waals surface area (Å²) in [6.07, 6.45) is 1.63. The standard InChI is InChI=1S/C15H16O/c1-11(15-10-16-15)8-12-6-7-13-4-2-3-5-14(13)9-12/h2-7,9,11,15H,8,10H2,1H3. The molecule has 0 N–H and O–H groups in total. The molecule has 1 fully saturated rings. The van der Waals surface area contributed by atoms with Gasteiger partial charge in [0.05, 0.1) is 12.7 Å². The number of rotatable bonds is 3. The minimum atomic E-state index is 0.506. The third kappa shape index (κ3) is 1.96. The maximum absolute atomic E-state index is 5.33. The summed E-state index contributed by atoms with van der Waals surface area (Å²) in [7, 11) is 0. The highest BCUT2D eigenvalue weighted by molar-refractivity contribution is 5.82. The first-order chi connectivity index (χ1) is 7.83. The van der Waals surface area contributed by atoms with Crippen LogP contribution in [-0.4, -0.2) is 12.7 Å². The zero-order chi connectivity index (χ0) is 11.0. The molecule has 2 aromatic rings. The number of fused-ring (bicyclic) bond motifs is 1. The van der Waals surface area contributed by atoms with Crippen LogP contribution >= 0.6 is 0 Å². The molecule has 2 unspecified atom stereocenters. The highest BCUT2D eigenvalue weighted by Gasteiger charge is 2.29. The van der Waals surface area contributed by atoms with Crippen LogP contribution in [0.4, 0.5) is 0 Å². The summed E-state index contributed by atoms with van der Waals surface area (Å²) < 4.78 is 5.33. The molecule has 1 aliphatic heterocycles. The van der Waals surface area contributed by atoms with Crippen molar-refractivity contribution in [2.75, 3.05) is 6.61 Å². The van der Waals surface area contributed by atoms with Crippen molar-refractivity contribution in [3.8, 4) is 0 Å². The molecule has 1 heterocycles. The molecule has 0 bridgehead atoms. The largest absolute Gasteiger partial charge is 0.373 e. The van der Waals surface area contributed by atoms with Crippen LogP contribution in [0.5, 0.6) is 0 Å². The van der Waals surface area contributed by atoms with E-state index >= 15 is 0 Å². The Kier molecular flexibility index (Phi) is 2.41. The quantitative estimate of drug-likeness (QED) is 0.710. The molecule has 1 saturated heterocycles. The monoisotopic (exact) mass is 212 g/mol. The van der Waals surface area contributed by atoms with Crippen molar-refractivity contribution in [3.63, 3.8) is 0 Å². The van der Waals surface area contributed by atoms with Crippen LogP contribution in [0.1, 0.15) is 12.5 Å². The SMILES string of the molecule is CC(Cc1ccc2ccccc2c1)C1CO1. The summed E-state index contributed by atoms with van der Waals surface area (Å²) in [6.45, 7) is 3.22. The number of benzene rings is 2. The highest BCUT2D eigenvalue weighted by Crippen LogP contribution is 2.25. The fourth-order valence-electron chi connectivity index (χ4n) is 2.25. The smallest absolute Gasteiger partial charge is 0.0838 e. The first kappa shape index (κ1) is 9.86. The molecule has 1 heteroatoms. The maximum Gasteiger partial charge on any atom is 0.0838 e. The summed E-state index contributed by atoms with van der Waals surface area (Å²) in [5, 5.41) is 2.66. The van der Waals surface area contributed by atoms with E-state index in [0.717, 1.165) is 13.0 Å². The third-order valence-electron chi connectivity index (χ3n) is 3.37. The summed E-state index contributed by atoms with van der Waals surface area (Å²) in [6, 6.07) is 15.3. The molecular weight excluding hydrogens is 196 g/mol. The Hall–Kier alpha value is -1.34. The number of hydrogen-bond donors (Lipinski definition) is 0. The summed E-state index contributed by atoms with van der Waals surface area (Å²) in [4.78, 5) is 0. The highest BCUT2D eigenvalue weighted by atomic mass is 16.6. The van der Waals surface area contributed by atoms with E-state index in [2.05, 4.69) is 49.4 Å². The zero-order valence-electron chi connectivity index (χ0n) is 9.52. The van der Waals surface area contributed by atoms with Crippen molar-refractivity contribution in [1.82, 2.24) is 0 Å². The first-order valence-electron chi connectivity index (χ1n) is 5.92. The fraction of sp³-hybridized carbons (Fsp3) is 0.333. The van der Waals surface area contributed by atoms with E-state index in [1.54, 1.807) is 0 Å². The van der Waals surface area contributed by atoms with Gasteiger partial charge in [-0.05, 0) is 28.7 Å². The summed E-state index contributed by atoms with van der Waals surface area (Å²) >= 11 is 0. The van der Waals surface area contributed by atoms with Gasteiger partial charge in [0.25, 0.3) is 0 Å². The van der Waals surface area contributed by atoms with Gasteiger partial charge in [0.15, 0.2) is 0 Å². The lowest BCUT2D eigenvalue weighted by Gasteiger charge is -2.08. The maximum atomic E-state index is 5.33. The molecule has 2 aromatic carbocycles. The second kappa shape index (κ2) is 3.91. The number of ether oxygens (including phenoxy) is 1. The van der Waals surface area contributed by atoms with Gasteiger partial charge >= 0.3 is 0 Å². The molecule has 3 rings (SSSR count). The van der Waals surface area contributed by atoms with Crippen LogP contribution in [-0.2, 0) is 11.2 Å². The molecular formula is C15H16O. The molecule has 1 aliphatic rings. The Labute approximate surface area is 96.0 Å². The Morgan fingerprint density at radius 3 is 2.69 bits per heavy atom. The predicted molar refractivity (Wildman–Crippen MR) is 66.6 cm³/mol. The van der Waals surface area contributed by atoms with Crippen LogP contribution in [0.2, 0.25) is 0 Å². The van der Waals surface area contributed by atoms with E-state index in [1.165, 1.54) is 16.3 Å². The van der Waals surface area contributed by atoms with Gasteiger partial charge in [0, 0.05) is 0 Å². The van der Waals surface area contributed by atoms with Crippen LogP contribution in [0.25, 0.3) is 10.8 Å². The number of epoxide rings is 1. The summed E-state index contributed by atoms with van der Waals surface area (Å²) in [5.41, 5.74) is 1.42. The van der Waals surface area contributed by atoms with E-state index in [4.69, 9.17) is 4.74 Å². The Morgan fingerprint density at radius 1 is 1.19 bits per heavy atom. The topological polar surface area (TPSA) is 12.5 Å². The Morgan fingerprint density at radius 2 is 1.94 bits per heavy atom. The minimum absolute atomic E-state index is 0.506. The van der Waals surface area contributed by atoms with Crippen molar-refractivity contribution in [2.24, 2.45) is 5.92 Å². The lowest BCUT2D eigenvalue weighted by Crippen LogP contribution is -2.06. The van der Waals surface area contributed by atoms with Gasteiger partial charge < -0.3 is 4.74 Å². The first-order valence-corrected chi connectivity index (χ1v) is 5.92. The molecule has 2 atom stereocenters. The van der Waals surface area contributed by atoms with Crippen molar-refractivity contribution in [3.05, 3.63) is 48.0 Å². The molecule has 0 aromatic heterocycles. The van der Waals surface area contributed by atoms with E-state index in [0.29, 0.717) is 12.0 Å². The molecule has 0 spiro atoms. The third-order valence-corrected chi connectivity index (χ3v) is 3.37. The second-order valence-corrected chi connectivity index (χ2v) is 4.73. The molecule has 0 aliphatic carbocycles. The van der Waals surface area contributed by atoms with Gasteiger partial charge in [-0.1, -0.05) is 49.4 Å². The lowest BCUT2D eigenvalue weighted by atomic mass is 9.96. The van der Waals surface area contributed by atoms with Gasteiger partial charge in [0.2, 0.25) is 0 Å². The molecule has 16 heavy (non-hydrogen) atoms. The van der Waals surface area contributed by atoms with E-state index in [1.807, 2.05) is 0 Å². The van der Waals surface area contributed by atoms with E-state index in [-0.39, 0.29) is 0 Å². The fourth-order valence-corrected chi connectivity index (χ4v) is 2.25. The van der Waals surface area contributed by atoms with Crippen molar-refractivity contribution in [1.29, 1.82) is 0 Å². The second-order valence-electron chi connectivity index (χ2n) is 4.73. The van der Waals surface area contributed by atoms with Crippen LogP contribution in [0.15, 0.2) is 42.5 Å². The average molecular weight is 212 g/mol. The van der Waals surface area contributed by atoms with E-state index in [9.17, 15) is 0 Å². The Bertz CT molecular complexity index is 500. The zero-order valence-corrected chi connectivity index (χ0v) is 9.52. The van der Waals surface area contributed by atoms with Crippen LogP contribution in [0, 0.1) is 5.92 Å². The van der Waals surface area contributed by atoms with Gasteiger partial charge in [-0.15, -0.1) is 0 Å². The predicted octanol–water partition coefficient (Wildman–Crippen LogP) is 3.42. The number of hydrogen-bond acceptors (Lipinski definition) is 1. The van der Waals surface area contributed by atoms with E-state index < -0.39 is 0 Å². The summed E-state index contributed by atoms with van der Waals surface area (Å²) in [5.74, 6) is 0.640. The van der Waals surface area contributed by atoms with Gasteiger partial charge in [-0.25, -0.2) is 0 Å². The van der Waals surface area contributed by atoms with Crippen molar-refractivity contribution >= 4 is 10.8 Å². The van der Waals surface area contributed by atoms with Crippen molar-refractivity contribution < 1.29 is 4.74 Å². The van der Waals surface area contributed by atoms with Crippen molar-refractivity contribution in [2.45, 2.75) is 19.4 Å².